The van der Waals surface area contributed by atoms with Crippen LogP contribution >= 0.6 is 0 Å². The van der Waals surface area contributed by atoms with Crippen molar-refractivity contribution in [1.82, 2.24) is 14.5 Å². The van der Waals surface area contributed by atoms with Crippen LogP contribution in [0.5, 0.6) is 0 Å². The highest BCUT2D eigenvalue weighted by Crippen LogP contribution is 2.29. The molecule has 2 aromatic rings. The molecule has 0 unspecified atom stereocenters. The van der Waals surface area contributed by atoms with Gasteiger partial charge in [0, 0.05) is 7.05 Å². The molecule has 1 amide bonds. The number of esters is 1. The number of benzene rings is 1. The molecule has 2 heterocycles. The van der Waals surface area contributed by atoms with Crippen molar-refractivity contribution in [3.8, 4) is 5.69 Å². The number of nitrogen functional groups attached to an aromatic ring is 1. The maximum absolute atomic E-state index is 12.5. The van der Waals surface area contributed by atoms with Gasteiger partial charge in [0.15, 0.2) is 5.69 Å². The number of fused-ring (bicyclic) bond motifs is 3. The minimum absolute atomic E-state index is 0.152. The monoisotopic (exact) mass is 300 g/mol. The van der Waals surface area contributed by atoms with Crippen LogP contribution in [0.2, 0.25) is 0 Å². The normalized spacial score (nSPS) is 13.4. The minimum atomic E-state index is -0.505. The number of carbonyl (C=O) groups excluding carboxylic acids is 2. The number of aromatic nitrogens is 2. The third kappa shape index (κ3) is 2.02. The third-order valence-corrected chi connectivity index (χ3v) is 3.61. The number of hydrogen-bond acceptors (Lipinski definition) is 5. The van der Waals surface area contributed by atoms with Gasteiger partial charge in [0.2, 0.25) is 0 Å². The largest absolute Gasteiger partial charge is 0.461 e. The van der Waals surface area contributed by atoms with Crippen LogP contribution in [0.15, 0.2) is 24.5 Å². The van der Waals surface area contributed by atoms with Crippen LogP contribution < -0.4 is 5.73 Å². The number of rotatable bonds is 2. The fourth-order valence-electron chi connectivity index (χ4n) is 2.59. The lowest BCUT2D eigenvalue weighted by atomic mass is 10.1. The number of ether oxygens (including phenoxy) is 1. The molecule has 2 N–H and O–H groups in total. The fraction of sp³-hybridized carbons (Fsp3) is 0.267. The van der Waals surface area contributed by atoms with Crippen LogP contribution in [0, 0.1) is 0 Å². The summed E-state index contributed by atoms with van der Waals surface area (Å²) < 4.78 is 6.72. The van der Waals surface area contributed by atoms with Gasteiger partial charge in [-0.1, -0.05) is 6.07 Å². The minimum Gasteiger partial charge on any atom is -0.461 e. The fourth-order valence-corrected chi connectivity index (χ4v) is 2.59. The summed E-state index contributed by atoms with van der Waals surface area (Å²) in [5.74, 6) is -0.657. The van der Waals surface area contributed by atoms with Gasteiger partial charge in [0.25, 0.3) is 5.91 Å². The first-order chi connectivity index (χ1) is 10.5. The molecule has 1 aliphatic heterocycles. The molecular formula is C15H16N4O3. The summed E-state index contributed by atoms with van der Waals surface area (Å²) in [6.45, 7) is 2.25. The van der Waals surface area contributed by atoms with Crippen LogP contribution in [0.4, 0.5) is 5.69 Å². The lowest BCUT2D eigenvalue weighted by Gasteiger charge is -2.14. The Labute approximate surface area is 127 Å². The Bertz CT molecular complexity index is 766. The highest BCUT2D eigenvalue weighted by molar-refractivity contribution is 6.01. The Hall–Kier alpha value is -2.83. The summed E-state index contributed by atoms with van der Waals surface area (Å²) in [4.78, 5) is 30.2. The zero-order chi connectivity index (χ0) is 15.9. The average Bonchev–Trinajstić information content (AvgIpc) is 2.85. The summed E-state index contributed by atoms with van der Waals surface area (Å²) in [5, 5.41) is 0. The second-order valence-electron chi connectivity index (χ2n) is 5.03. The van der Waals surface area contributed by atoms with Gasteiger partial charge in [0.05, 0.1) is 35.8 Å². The van der Waals surface area contributed by atoms with E-state index in [1.807, 2.05) is 0 Å². The first-order valence-corrected chi connectivity index (χ1v) is 6.92. The maximum atomic E-state index is 12.5. The summed E-state index contributed by atoms with van der Waals surface area (Å²) >= 11 is 0. The molecule has 7 heteroatoms. The number of imidazole rings is 1. The third-order valence-electron chi connectivity index (χ3n) is 3.61. The van der Waals surface area contributed by atoms with E-state index in [1.165, 1.54) is 11.2 Å². The molecule has 1 aromatic carbocycles. The van der Waals surface area contributed by atoms with E-state index in [-0.39, 0.29) is 24.8 Å². The second kappa shape index (κ2) is 5.18. The number of anilines is 1. The standard InChI is InChI=1S/C15H16N4O3/c1-3-22-15(21)12-11-7-18(2)14(20)9-5-4-6-10(16)13(9)19(11)8-17-12/h4-6,8H,3,7,16H2,1-2H3. The molecule has 7 nitrogen and oxygen atoms in total. The van der Waals surface area contributed by atoms with E-state index in [0.29, 0.717) is 22.6 Å². The van der Waals surface area contributed by atoms with E-state index in [0.717, 1.165) is 0 Å². The molecule has 1 aromatic heterocycles. The van der Waals surface area contributed by atoms with E-state index in [4.69, 9.17) is 10.5 Å². The Kier molecular flexibility index (Phi) is 3.32. The van der Waals surface area contributed by atoms with Gasteiger partial charge >= 0.3 is 5.97 Å². The van der Waals surface area contributed by atoms with E-state index in [2.05, 4.69) is 4.98 Å². The van der Waals surface area contributed by atoms with E-state index >= 15 is 0 Å². The summed E-state index contributed by atoms with van der Waals surface area (Å²) in [5.41, 5.74) is 8.32. The van der Waals surface area contributed by atoms with Gasteiger partial charge < -0.3 is 15.4 Å². The van der Waals surface area contributed by atoms with Gasteiger partial charge in [-0.25, -0.2) is 9.78 Å². The molecule has 0 fully saturated rings. The highest BCUT2D eigenvalue weighted by atomic mass is 16.5. The van der Waals surface area contributed by atoms with Crippen molar-refractivity contribution in [2.45, 2.75) is 13.5 Å². The Balaban J connectivity index is 2.24. The van der Waals surface area contributed by atoms with Gasteiger partial charge in [-0.3, -0.25) is 9.36 Å². The van der Waals surface area contributed by atoms with Crippen LogP contribution in [0.1, 0.15) is 33.5 Å². The van der Waals surface area contributed by atoms with Gasteiger partial charge in [-0.15, -0.1) is 0 Å². The number of carbonyl (C=O) groups is 2. The van der Waals surface area contributed by atoms with Crippen molar-refractivity contribution in [1.29, 1.82) is 0 Å². The van der Waals surface area contributed by atoms with Crippen LogP contribution in [0.3, 0.4) is 0 Å². The average molecular weight is 300 g/mol. The molecule has 3 rings (SSSR count). The van der Waals surface area contributed by atoms with Gasteiger partial charge in [0.1, 0.15) is 6.33 Å². The molecule has 0 spiro atoms. The first-order valence-electron chi connectivity index (χ1n) is 6.92. The number of hydrogen-bond donors (Lipinski definition) is 1. The van der Waals surface area contributed by atoms with Crippen molar-refractivity contribution in [3.05, 3.63) is 41.5 Å². The second-order valence-corrected chi connectivity index (χ2v) is 5.03. The van der Waals surface area contributed by atoms with E-state index < -0.39 is 5.97 Å². The molecule has 22 heavy (non-hydrogen) atoms. The van der Waals surface area contributed by atoms with E-state index in [1.54, 1.807) is 36.7 Å². The molecular weight excluding hydrogens is 284 g/mol. The number of nitrogens with two attached hydrogens (primary N) is 1. The molecule has 114 valence electrons. The van der Waals surface area contributed by atoms with Crippen LogP contribution in [0.25, 0.3) is 5.69 Å². The molecule has 0 saturated heterocycles. The topological polar surface area (TPSA) is 90.5 Å². The summed E-state index contributed by atoms with van der Waals surface area (Å²) in [6.07, 6.45) is 1.50. The maximum Gasteiger partial charge on any atom is 0.358 e. The molecule has 0 radical (unpaired) electrons. The van der Waals surface area contributed by atoms with Crippen molar-refractivity contribution in [2.24, 2.45) is 0 Å². The van der Waals surface area contributed by atoms with Gasteiger partial charge in [-0.2, -0.15) is 0 Å². The summed E-state index contributed by atoms with van der Waals surface area (Å²) in [6, 6.07) is 5.16. The Morgan fingerprint density at radius 3 is 2.95 bits per heavy atom. The van der Waals surface area contributed by atoms with Gasteiger partial charge in [-0.05, 0) is 19.1 Å². The number of amides is 1. The lowest BCUT2D eigenvalue weighted by molar-refractivity contribution is 0.0516. The molecule has 0 atom stereocenters. The lowest BCUT2D eigenvalue weighted by Crippen LogP contribution is -2.26. The molecule has 0 bridgehead atoms. The van der Waals surface area contributed by atoms with Crippen molar-refractivity contribution in [2.75, 3.05) is 19.4 Å². The Morgan fingerprint density at radius 2 is 2.23 bits per heavy atom. The quantitative estimate of drug-likeness (QED) is 0.665. The highest BCUT2D eigenvalue weighted by Gasteiger charge is 2.29. The van der Waals surface area contributed by atoms with E-state index in [9.17, 15) is 9.59 Å². The zero-order valence-electron chi connectivity index (χ0n) is 12.4. The predicted molar refractivity (Wildman–Crippen MR) is 79.7 cm³/mol. The molecule has 0 saturated carbocycles. The molecule has 1 aliphatic rings. The van der Waals surface area contributed by atoms with Crippen LogP contribution in [-0.4, -0.2) is 40.0 Å². The Morgan fingerprint density at radius 1 is 1.45 bits per heavy atom. The van der Waals surface area contributed by atoms with Crippen molar-refractivity contribution in [3.63, 3.8) is 0 Å². The summed E-state index contributed by atoms with van der Waals surface area (Å²) in [7, 11) is 1.67. The SMILES string of the molecule is CCOC(=O)c1ncn2c1CN(C)C(=O)c1cccc(N)c1-2. The van der Waals surface area contributed by atoms with Crippen molar-refractivity contribution < 1.29 is 14.3 Å². The van der Waals surface area contributed by atoms with Crippen molar-refractivity contribution >= 4 is 17.6 Å². The smallest absolute Gasteiger partial charge is 0.358 e. The molecule has 0 aliphatic carbocycles. The number of nitrogens with zero attached hydrogens (tertiary/aromatic N) is 3. The first kappa shape index (κ1) is 14.1. The van der Waals surface area contributed by atoms with Crippen LogP contribution in [-0.2, 0) is 11.3 Å². The predicted octanol–water partition coefficient (Wildman–Crippen LogP) is 1.22. The number of para-hydroxylation sites is 1. The zero-order valence-corrected chi connectivity index (χ0v) is 12.4.